The Morgan fingerprint density at radius 1 is 0.875 bits per heavy atom. The molecule has 1 unspecified atom stereocenters. The van der Waals surface area contributed by atoms with Crippen molar-refractivity contribution >= 4 is 11.6 Å². The Balaban J connectivity index is 2.17. The number of methoxy groups -OCH3 is 1. The van der Waals surface area contributed by atoms with E-state index < -0.39 is 17.7 Å². The van der Waals surface area contributed by atoms with E-state index in [9.17, 15) is 14.7 Å². The summed E-state index contributed by atoms with van der Waals surface area (Å²) in [7, 11) is 1.52. The molecule has 0 saturated heterocycles. The van der Waals surface area contributed by atoms with Crippen molar-refractivity contribution in [3.8, 4) is 5.75 Å². The Labute approximate surface area is 142 Å². The number of hydrogen-bond acceptors (Lipinski definition) is 4. The van der Waals surface area contributed by atoms with Crippen LogP contribution in [0.3, 0.4) is 0 Å². The first-order valence-corrected chi connectivity index (χ1v) is 7.75. The number of carbonyl (C=O) groups is 2. The summed E-state index contributed by atoms with van der Waals surface area (Å²) in [5, 5.41) is 10.1. The van der Waals surface area contributed by atoms with Crippen molar-refractivity contribution in [1.29, 1.82) is 0 Å². The molecule has 24 heavy (non-hydrogen) atoms. The summed E-state index contributed by atoms with van der Waals surface area (Å²) in [4.78, 5) is 24.6. The van der Waals surface area contributed by atoms with Crippen LogP contribution in [-0.4, -0.2) is 29.9 Å². The smallest absolute Gasteiger partial charge is 0.199 e. The zero-order valence-corrected chi connectivity index (χ0v) is 14.4. The van der Waals surface area contributed by atoms with Crippen LogP contribution in [0.2, 0.25) is 0 Å². The molecule has 4 heteroatoms. The van der Waals surface area contributed by atoms with Crippen LogP contribution in [-0.2, 0) is 5.41 Å². The second-order valence-electron chi connectivity index (χ2n) is 6.69. The minimum absolute atomic E-state index is 0.0287. The molecule has 0 aliphatic heterocycles. The van der Waals surface area contributed by atoms with Crippen molar-refractivity contribution in [1.82, 2.24) is 0 Å². The molecule has 0 saturated carbocycles. The number of carbonyl (C=O) groups excluding carboxylic acids is 2. The van der Waals surface area contributed by atoms with Gasteiger partial charge in [-0.05, 0) is 35.2 Å². The number of ketones is 2. The van der Waals surface area contributed by atoms with E-state index in [-0.39, 0.29) is 11.0 Å². The van der Waals surface area contributed by atoms with Crippen molar-refractivity contribution in [3.05, 3.63) is 65.2 Å². The molecule has 1 atom stereocenters. The third kappa shape index (κ3) is 3.89. The molecular weight excluding hydrogens is 304 g/mol. The minimum atomic E-state index is -1.71. The molecule has 0 aromatic heterocycles. The summed E-state index contributed by atoms with van der Waals surface area (Å²) in [6.45, 7) is 6.23. The number of benzene rings is 2. The highest BCUT2D eigenvalue weighted by atomic mass is 16.5. The third-order valence-corrected chi connectivity index (χ3v) is 3.91. The highest BCUT2D eigenvalue weighted by Crippen LogP contribution is 2.23. The van der Waals surface area contributed by atoms with Crippen LogP contribution in [0.1, 0.15) is 47.1 Å². The number of aliphatic hydroxyl groups is 1. The van der Waals surface area contributed by atoms with Gasteiger partial charge in [0.05, 0.1) is 7.11 Å². The fourth-order valence-corrected chi connectivity index (χ4v) is 2.32. The fraction of sp³-hybridized carbons (Fsp3) is 0.300. The number of ether oxygens (including phenoxy) is 1. The van der Waals surface area contributed by atoms with Gasteiger partial charge in [0.15, 0.2) is 17.7 Å². The largest absolute Gasteiger partial charge is 0.497 e. The van der Waals surface area contributed by atoms with Gasteiger partial charge in [-0.2, -0.15) is 0 Å². The van der Waals surface area contributed by atoms with Crippen molar-refractivity contribution in [3.63, 3.8) is 0 Å². The number of hydrogen-bond donors (Lipinski definition) is 1. The summed E-state index contributed by atoms with van der Waals surface area (Å²) < 4.78 is 5.02. The lowest BCUT2D eigenvalue weighted by Crippen LogP contribution is -2.30. The maximum atomic E-state index is 12.3. The first-order valence-electron chi connectivity index (χ1n) is 7.75. The Morgan fingerprint density at radius 3 is 1.67 bits per heavy atom. The van der Waals surface area contributed by atoms with Crippen LogP contribution >= 0.6 is 0 Å². The Kier molecular flexibility index (Phi) is 5.20. The topological polar surface area (TPSA) is 63.6 Å². The Bertz CT molecular complexity index is 722. The van der Waals surface area contributed by atoms with Crippen LogP contribution in [0.4, 0.5) is 0 Å². The van der Waals surface area contributed by atoms with Gasteiger partial charge in [0.2, 0.25) is 0 Å². The molecule has 126 valence electrons. The molecule has 0 heterocycles. The van der Waals surface area contributed by atoms with Gasteiger partial charge in [0.25, 0.3) is 0 Å². The molecule has 0 aliphatic carbocycles. The standard InChI is InChI=1S/C20H22O4/c1-20(2,3)15-9-5-13(6-10-15)17(21)19(23)18(22)14-7-11-16(24-4)12-8-14/h5-12,19,23H,1-4H3. The Hall–Kier alpha value is -2.46. The maximum Gasteiger partial charge on any atom is 0.199 e. The van der Waals surface area contributed by atoms with E-state index in [1.165, 1.54) is 19.2 Å². The molecule has 0 radical (unpaired) electrons. The molecule has 0 spiro atoms. The lowest BCUT2D eigenvalue weighted by atomic mass is 9.86. The molecule has 0 amide bonds. The van der Waals surface area contributed by atoms with Crippen molar-refractivity contribution in [2.75, 3.05) is 7.11 Å². The summed E-state index contributed by atoms with van der Waals surface area (Å²) in [6, 6.07) is 13.3. The number of Topliss-reactive ketones (excluding diaryl/α,β-unsaturated/α-hetero) is 2. The number of rotatable bonds is 5. The van der Waals surface area contributed by atoms with Gasteiger partial charge >= 0.3 is 0 Å². The lowest BCUT2D eigenvalue weighted by Gasteiger charge is -2.19. The van der Waals surface area contributed by atoms with Gasteiger partial charge in [-0.25, -0.2) is 0 Å². The second-order valence-corrected chi connectivity index (χ2v) is 6.69. The van der Waals surface area contributed by atoms with Crippen LogP contribution in [0, 0.1) is 0 Å². The van der Waals surface area contributed by atoms with E-state index in [4.69, 9.17) is 4.74 Å². The first-order chi connectivity index (χ1) is 11.2. The fourth-order valence-electron chi connectivity index (χ4n) is 2.32. The van der Waals surface area contributed by atoms with E-state index in [2.05, 4.69) is 20.8 Å². The normalized spacial score (nSPS) is 12.5. The molecule has 0 bridgehead atoms. The van der Waals surface area contributed by atoms with Crippen molar-refractivity contribution in [2.24, 2.45) is 0 Å². The van der Waals surface area contributed by atoms with Gasteiger partial charge in [0, 0.05) is 11.1 Å². The molecule has 0 aliphatic rings. The lowest BCUT2D eigenvalue weighted by molar-refractivity contribution is 0.0628. The molecular formula is C20H22O4. The average Bonchev–Trinajstić information content (AvgIpc) is 2.59. The van der Waals surface area contributed by atoms with Crippen molar-refractivity contribution in [2.45, 2.75) is 32.3 Å². The zero-order chi connectivity index (χ0) is 17.9. The quantitative estimate of drug-likeness (QED) is 0.675. The van der Waals surface area contributed by atoms with Gasteiger partial charge in [-0.1, -0.05) is 45.0 Å². The second kappa shape index (κ2) is 6.97. The molecule has 2 rings (SSSR count). The maximum absolute atomic E-state index is 12.3. The SMILES string of the molecule is COc1ccc(C(=O)C(O)C(=O)c2ccc(C(C)(C)C)cc2)cc1. The van der Waals surface area contributed by atoms with Gasteiger partial charge in [0.1, 0.15) is 5.75 Å². The van der Waals surface area contributed by atoms with E-state index >= 15 is 0 Å². The van der Waals surface area contributed by atoms with Crippen LogP contribution in [0.25, 0.3) is 0 Å². The monoisotopic (exact) mass is 326 g/mol. The van der Waals surface area contributed by atoms with E-state index in [0.717, 1.165) is 5.56 Å². The van der Waals surface area contributed by atoms with E-state index in [1.54, 1.807) is 24.3 Å². The first kappa shape index (κ1) is 17.9. The average molecular weight is 326 g/mol. The summed E-state index contributed by atoms with van der Waals surface area (Å²) in [5.74, 6) is -0.621. The van der Waals surface area contributed by atoms with Crippen LogP contribution in [0.5, 0.6) is 5.75 Å². The molecule has 4 nitrogen and oxygen atoms in total. The highest BCUT2D eigenvalue weighted by Gasteiger charge is 2.26. The zero-order valence-electron chi connectivity index (χ0n) is 14.4. The predicted octanol–water partition coefficient (Wildman–Crippen LogP) is 3.42. The molecule has 1 N–H and O–H groups in total. The van der Waals surface area contributed by atoms with Gasteiger partial charge < -0.3 is 9.84 Å². The Morgan fingerprint density at radius 2 is 1.29 bits per heavy atom. The predicted molar refractivity (Wildman–Crippen MR) is 92.8 cm³/mol. The highest BCUT2D eigenvalue weighted by molar-refractivity contribution is 6.18. The van der Waals surface area contributed by atoms with E-state index in [0.29, 0.717) is 11.3 Å². The minimum Gasteiger partial charge on any atom is -0.497 e. The number of aliphatic hydroxyl groups excluding tert-OH is 1. The third-order valence-electron chi connectivity index (χ3n) is 3.91. The molecule has 2 aromatic rings. The summed E-state index contributed by atoms with van der Waals surface area (Å²) >= 11 is 0. The summed E-state index contributed by atoms with van der Waals surface area (Å²) in [5.41, 5.74) is 1.63. The summed E-state index contributed by atoms with van der Waals surface area (Å²) in [6.07, 6.45) is -1.71. The molecule has 0 fully saturated rings. The van der Waals surface area contributed by atoms with Crippen LogP contribution in [0.15, 0.2) is 48.5 Å². The van der Waals surface area contributed by atoms with E-state index in [1.807, 2.05) is 12.1 Å². The van der Waals surface area contributed by atoms with Crippen molar-refractivity contribution < 1.29 is 19.4 Å². The van der Waals surface area contributed by atoms with Crippen LogP contribution < -0.4 is 4.74 Å². The molecule has 2 aromatic carbocycles. The van der Waals surface area contributed by atoms with Gasteiger partial charge in [-0.3, -0.25) is 9.59 Å². The van der Waals surface area contributed by atoms with Gasteiger partial charge in [-0.15, -0.1) is 0 Å².